The van der Waals surface area contributed by atoms with Gasteiger partial charge in [-0.3, -0.25) is 9.59 Å². The van der Waals surface area contributed by atoms with E-state index in [1.165, 1.54) is 16.2 Å². The first kappa shape index (κ1) is 17.1. The molecule has 22 heavy (non-hydrogen) atoms. The van der Waals surface area contributed by atoms with Crippen molar-refractivity contribution in [1.29, 1.82) is 0 Å². The number of carbonyl (C=O) groups is 2. The van der Waals surface area contributed by atoms with Gasteiger partial charge in [0, 0.05) is 12.7 Å². The molecule has 0 atom stereocenters. The van der Waals surface area contributed by atoms with Crippen molar-refractivity contribution in [3.05, 3.63) is 49.6 Å². The van der Waals surface area contributed by atoms with E-state index in [0.717, 1.165) is 0 Å². The maximum Gasteiger partial charge on any atom is 0.264 e. The van der Waals surface area contributed by atoms with Crippen molar-refractivity contribution in [2.75, 3.05) is 18.9 Å². The zero-order valence-corrected chi connectivity index (χ0v) is 14.5. The number of nitrogens with zero attached hydrogens (tertiary/aromatic N) is 1. The van der Waals surface area contributed by atoms with Crippen LogP contribution in [0.2, 0.25) is 14.4 Å². The fourth-order valence-corrected chi connectivity index (χ4v) is 3.01. The Kier molecular flexibility index (Phi) is 5.69. The van der Waals surface area contributed by atoms with Gasteiger partial charge in [-0.2, -0.15) is 0 Å². The minimum atomic E-state index is -0.336. The first-order valence-corrected chi connectivity index (χ1v) is 8.07. The fourth-order valence-electron chi connectivity index (χ4n) is 1.68. The highest BCUT2D eigenvalue weighted by atomic mass is 35.5. The van der Waals surface area contributed by atoms with E-state index in [9.17, 15) is 9.59 Å². The number of anilines is 1. The minimum absolute atomic E-state index is 0.0887. The Morgan fingerprint density at radius 2 is 1.86 bits per heavy atom. The second-order valence-electron chi connectivity index (χ2n) is 4.44. The zero-order chi connectivity index (χ0) is 16.3. The molecule has 0 bridgehead atoms. The van der Waals surface area contributed by atoms with E-state index in [2.05, 4.69) is 5.32 Å². The molecule has 116 valence electrons. The number of rotatable bonds is 4. The molecule has 1 aromatic heterocycles. The molecule has 2 amide bonds. The Labute approximate surface area is 146 Å². The van der Waals surface area contributed by atoms with Crippen molar-refractivity contribution >= 4 is 63.6 Å². The topological polar surface area (TPSA) is 49.4 Å². The summed E-state index contributed by atoms with van der Waals surface area (Å²) in [5.74, 6) is -0.599. The van der Waals surface area contributed by atoms with Gasteiger partial charge in [0.25, 0.3) is 5.91 Å². The molecule has 0 fully saturated rings. The monoisotopic (exact) mass is 376 g/mol. The molecule has 4 nitrogen and oxygen atoms in total. The first-order chi connectivity index (χ1) is 10.4. The third-order valence-corrected chi connectivity index (χ3v) is 4.67. The van der Waals surface area contributed by atoms with Crippen molar-refractivity contribution in [1.82, 2.24) is 4.90 Å². The number of thiophene rings is 1. The number of halogens is 3. The molecule has 0 unspecified atom stereocenters. The molecule has 2 rings (SSSR count). The third-order valence-electron chi connectivity index (χ3n) is 2.71. The van der Waals surface area contributed by atoms with Crippen molar-refractivity contribution < 1.29 is 9.59 Å². The smallest absolute Gasteiger partial charge is 0.264 e. The Hall–Kier alpha value is -1.27. The molecule has 0 radical (unpaired) electrons. The Morgan fingerprint density at radius 3 is 2.45 bits per heavy atom. The van der Waals surface area contributed by atoms with Crippen LogP contribution >= 0.6 is 46.1 Å². The zero-order valence-electron chi connectivity index (χ0n) is 11.4. The largest absolute Gasteiger partial charge is 0.332 e. The Balaban J connectivity index is 1.96. The number of hydrogen-bond donors (Lipinski definition) is 1. The van der Waals surface area contributed by atoms with Gasteiger partial charge in [-0.05, 0) is 30.3 Å². The predicted molar refractivity (Wildman–Crippen MR) is 91.4 cm³/mol. The molecule has 0 spiro atoms. The normalized spacial score (nSPS) is 10.4. The maximum atomic E-state index is 12.1. The summed E-state index contributed by atoms with van der Waals surface area (Å²) in [5.41, 5.74) is 0.513. The van der Waals surface area contributed by atoms with Crippen molar-refractivity contribution in [3.63, 3.8) is 0 Å². The lowest BCUT2D eigenvalue weighted by atomic mass is 10.3. The summed E-state index contributed by atoms with van der Waals surface area (Å²) in [5, 5.41) is 3.40. The summed E-state index contributed by atoms with van der Waals surface area (Å²) >= 11 is 18.6. The quantitative estimate of drug-likeness (QED) is 0.857. The summed E-state index contributed by atoms with van der Waals surface area (Å²) in [6, 6.07) is 8.03. The van der Waals surface area contributed by atoms with Crippen LogP contribution < -0.4 is 5.32 Å². The minimum Gasteiger partial charge on any atom is -0.332 e. The predicted octanol–water partition coefficient (Wildman–Crippen LogP) is 4.42. The molecule has 1 N–H and O–H groups in total. The van der Waals surface area contributed by atoms with Gasteiger partial charge < -0.3 is 10.2 Å². The van der Waals surface area contributed by atoms with E-state index >= 15 is 0 Å². The fraction of sp³-hybridized carbons (Fsp3) is 0.143. The number of likely N-dealkylation sites (N-methyl/N-ethyl adjacent to an activating group) is 1. The highest BCUT2D eigenvalue weighted by molar-refractivity contribution is 7.17. The van der Waals surface area contributed by atoms with Crippen molar-refractivity contribution in [2.24, 2.45) is 0 Å². The van der Waals surface area contributed by atoms with E-state index in [-0.39, 0.29) is 18.4 Å². The number of carbonyl (C=O) groups excluding carboxylic acids is 2. The Morgan fingerprint density at radius 1 is 1.14 bits per heavy atom. The van der Waals surface area contributed by atoms with Gasteiger partial charge in [-0.25, -0.2) is 0 Å². The van der Waals surface area contributed by atoms with Gasteiger partial charge in [-0.15, -0.1) is 11.3 Å². The SMILES string of the molecule is CN(CC(=O)Nc1ccc(Cl)c(Cl)c1)C(=O)c1ccc(Cl)s1. The van der Waals surface area contributed by atoms with Crippen molar-refractivity contribution in [2.45, 2.75) is 0 Å². The molecule has 2 aromatic rings. The number of hydrogen-bond acceptors (Lipinski definition) is 3. The standard InChI is InChI=1S/C14H11Cl3N2O2S/c1-19(14(21)11-4-5-12(17)22-11)7-13(20)18-8-2-3-9(15)10(16)6-8/h2-6H,7H2,1H3,(H,18,20). The van der Waals surface area contributed by atoms with Crippen molar-refractivity contribution in [3.8, 4) is 0 Å². The first-order valence-electron chi connectivity index (χ1n) is 6.12. The molecule has 0 aliphatic heterocycles. The molecule has 1 heterocycles. The number of benzene rings is 1. The van der Waals surface area contributed by atoms with Gasteiger partial charge in [-0.1, -0.05) is 34.8 Å². The lowest BCUT2D eigenvalue weighted by molar-refractivity contribution is -0.116. The van der Waals surface area contributed by atoms with Gasteiger partial charge in [0.2, 0.25) is 5.91 Å². The van der Waals surface area contributed by atoms with E-state index in [4.69, 9.17) is 34.8 Å². The van der Waals surface area contributed by atoms with Crippen LogP contribution in [0, 0.1) is 0 Å². The third kappa shape index (κ3) is 4.36. The van der Waals surface area contributed by atoms with Crippen LogP contribution in [-0.4, -0.2) is 30.3 Å². The van der Waals surface area contributed by atoms with Gasteiger partial charge in [0.1, 0.15) is 0 Å². The molecule has 8 heteroatoms. The van der Waals surface area contributed by atoms with E-state index < -0.39 is 0 Å². The molecule has 0 saturated heterocycles. The summed E-state index contributed by atoms with van der Waals surface area (Å²) in [6.07, 6.45) is 0. The van der Waals surface area contributed by atoms with Crippen LogP contribution in [0.15, 0.2) is 30.3 Å². The van der Waals surface area contributed by atoms with Crippen LogP contribution in [0.1, 0.15) is 9.67 Å². The van der Waals surface area contributed by atoms with Gasteiger partial charge >= 0.3 is 0 Å². The average molecular weight is 378 g/mol. The van der Waals surface area contributed by atoms with Crippen LogP contribution in [0.3, 0.4) is 0 Å². The van der Waals surface area contributed by atoms with Crippen LogP contribution in [-0.2, 0) is 4.79 Å². The molecular formula is C14H11Cl3N2O2S. The van der Waals surface area contributed by atoms with E-state index in [1.807, 2.05) is 0 Å². The van der Waals surface area contributed by atoms with Gasteiger partial charge in [0.15, 0.2) is 0 Å². The summed E-state index contributed by atoms with van der Waals surface area (Å²) in [7, 11) is 1.55. The Bertz CT molecular complexity index is 718. The molecular weight excluding hydrogens is 367 g/mol. The number of amides is 2. The molecule has 0 aliphatic rings. The van der Waals surface area contributed by atoms with E-state index in [0.29, 0.717) is 24.9 Å². The van der Waals surface area contributed by atoms with Crippen LogP contribution in [0.25, 0.3) is 0 Å². The molecule has 0 aliphatic carbocycles. The second kappa shape index (κ2) is 7.33. The summed E-state index contributed by atoms with van der Waals surface area (Å²) < 4.78 is 0.525. The average Bonchev–Trinajstić information content (AvgIpc) is 2.88. The van der Waals surface area contributed by atoms with Crippen LogP contribution in [0.5, 0.6) is 0 Å². The second-order valence-corrected chi connectivity index (χ2v) is 6.97. The van der Waals surface area contributed by atoms with Gasteiger partial charge in [0.05, 0.1) is 25.8 Å². The molecule has 1 aromatic carbocycles. The lowest BCUT2D eigenvalue weighted by Crippen LogP contribution is -2.34. The molecule has 0 saturated carbocycles. The van der Waals surface area contributed by atoms with Crippen LogP contribution in [0.4, 0.5) is 5.69 Å². The summed E-state index contributed by atoms with van der Waals surface area (Å²) in [6.45, 7) is -0.0887. The number of nitrogens with one attached hydrogen (secondary N) is 1. The highest BCUT2D eigenvalue weighted by Gasteiger charge is 2.17. The van der Waals surface area contributed by atoms with E-state index in [1.54, 1.807) is 37.4 Å². The maximum absolute atomic E-state index is 12.1. The lowest BCUT2D eigenvalue weighted by Gasteiger charge is -2.16. The highest BCUT2D eigenvalue weighted by Crippen LogP contribution is 2.25. The summed E-state index contributed by atoms with van der Waals surface area (Å²) in [4.78, 5) is 25.9.